The maximum atomic E-state index is 5.50. The highest BCUT2D eigenvalue weighted by Crippen LogP contribution is 2.17. The molecule has 0 saturated carbocycles. The number of alkyl halides is 1. The first kappa shape index (κ1) is 9.06. The van der Waals surface area contributed by atoms with Crippen molar-refractivity contribution in [2.75, 3.05) is 24.9 Å². The largest absolute Gasteiger partial charge is 0.491 e. The van der Waals surface area contributed by atoms with Crippen LogP contribution in [-0.4, -0.2) is 29.5 Å². The molecule has 0 aliphatic rings. The Morgan fingerprint density at radius 1 is 1.67 bits per heavy atom. The van der Waals surface area contributed by atoms with E-state index in [0.29, 0.717) is 24.0 Å². The summed E-state index contributed by atoms with van der Waals surface area (Å²) in [5.41, 5.74) is 0. The number of anilines is 1. The van der Waals surface area contributed by atoms with Gasteiger partial charge in [0.2, 0.25) is 0 Å². The lowest BCUT2D eigenvalue weighted by molar-refractivity contribution is 0.412. The number of rotatable bonds is 4. The van der Waals surface area contributed by atoms with Gasteiger partial charge in [-0.05, 0) is 0 Å². The van der Waals surface area contributed by atoms with E-state index in [-0.39, 0.29) is 0 Å². The molecule has 0 spiro atoms. The first-order valence-electron chi connectivity index (χ1n) is 3.52. The van der Waals surface area contributed by atoms with Gasteiger partial charge in [-0.2, -0.15) is 0 Å². The average molecular weight is 188 g/mol. The Labute approximate surface area is 75.9 Å². The van der Waals surface area contributed by atoms with Crippen molar-refractivity contribution in [3.63, 3.8) is 0 Å². The van der Waals surface area contributed by atoms with E-state index in [1.165, 1.54) is 6.33 Å². The fourth-order valence-corrected chi connectivity index (χ4v) is 0.859. The summed E-state index contributed by atoms with van der Waals surface area (Å²) in [6, 6.07) is 0. The van der Waals surface area contributed by atoms with Crippen LogP contribution in [0.5, 0.6) is 5.75 Å². The molecule has 1 heterocycles. The zero-order valence-electron chi connectivity index (χ0n) is 6.75. The molecule has 66 valence electrons. The minimum atomic E-state index is 0.535. The molecular formula is C7H10ClN3O. The summed E-state index contributed by atoms with van der Waals surface area (Å²) in [6.07, 6.45) is 3.06. The molecule has 0 bridgehead atoms. The SMILES string of the molecule is COc1cncnc1NCCCl. The molecule has 4 nitrogen and oxygen atoms in total. The maximum Gasteiger partial charge on any atom is 0.179 e. The van der Waals surface area contributed by atoms with Crippen LogP contribution in [-0.2, 0) is 0 Å². The van der Waals surface area contributed by atoms with Crippen LogP contribution in [0.1, 0.15) is 0 Å². The highest BCUT2D eigenvalue weighted by molar-refractivity contribution is 6.18. The molecule has 0 unspecified atom stereocenters. The van der Waals surface area contributed by atoms with Crippen molar-refractivity contribution in [2.24, 2.45) is 0 Å². The molecular weight excluding hydrogens is 178 g/mol. The number of ether oxygens (including phenoxy) is 1. The lowest BCUT2D eigenvalue weighted by Crippen LogP contribution is -2.05. The van der Waals surface area contributed by atoms with E-state index in [2.05, 4.69) is 15.3 Å². The van der Waals surface area contributed by atoms with E-state index >= 15 is 0 Å². The smallest absolute Gasteiger partial charge is 0.179 e. The number of aromatic nitrogens is 2. The number of nitrogens with zero attached hydrogens (tertiary/aromatic N) is 2. The van der Waals surface area contributed by atoms with E-state index in [1.807, 2.05) is 0 Å². The molecule has 1 aromatic heterocycles. The summed E-state index contributed by atoms with van der Waals surface area (Å²) in [4.78, 5) is 7.80. The Hall–Kier alpha value is -1.03. The molecule has 5 heteroatoms. The second kappa shape index (κ2) is 4.77. The van der Waals surface area contributed by atoms with Gasteiger partial charge in [0.15, 0.2) is 11.6 Å². The van der Waals surface area contributed by atoms with Crippen LogP contribution < -0.4 is 10.1 Å². The number of halogens is 1. The third kappa shape index (κ3) is 2.23. The molecule has 1 aromatic rings. The Kier molecular flexibility index (Phi) is 3.60. The summed E-state index contributed by atoms with van der Waals surface area (Å²) in [5.74, 6) is 1.84. The number of hydrogen-bond acceptors (Lipinski definition) is 4. The Balaban J connectivity index is 2.68. The summed E-state index contributed by atoms with van der Waals surface area (Å²) >= 11 is 5.50. The zero-order chi connectivity index (χ0) is 8.81. The topological polar surface area (TPSA) is 47.0 Å². The lowest BCUT2D eigenvalue weighted by atomic mass is 10.5. The van der Waals surface area contributed by atoms with Gasteiger partial charge in [0.05, 0.1) is 13.3 Å². The van der Waals surface area contributed by atoms with Crippen molar-refractivity contribution in [2.45, 2.75) is 0 Å². The van der Waals surface area contributed by atoms with Gasteiger partial charge in [0, 0.05) is 12.4 Å². The highest BCUT2D eigenvalue weighted by Gasteiger charge is 2.00. The molecule has 0 fully saturated rings. The van der Waals surface area contributed by atoms with Gasteiger partial charge in [-0.25, -0.2) is 9.97 Å². The third-order valence-corrected chi connectivity index (χ3v) is 1.47. The molecule has 0 saturated heterocycles. The molecule has 0 radical (unpaired) electrons. The maximum absolute atomic E-state index is 5.50. The second-order valence-electron chi connectivity index (χ2n) is 2.06. The van der Waals surface area contributed by atoms with Gasteiger partial charge in [0.25, 0.3) is 0 Å². The van der Waals surface area contributed by atoms with Crippen LogP contribution in [0.25, 0.3) is 0 Å². The first-order chi connectivity index (χ1) is 5.88. The first-order valence-corrected chi connectivity index (χ1v) is 4.05. The third-order valence-electron chi connectivity index (χ3n) is 1.29. The van der Waals surface area contributed by atoms with Crippen molar-refractivity contribution in [1.82, 2.24) is 9.97 Å². The van der Waals surface area contributed by atoms with E-state index in [4.69, 9.17) is 16.3 Å². The molecule has 1 N–H and O–H groups in total. The predicted molar refractivity (Wildman–Crippen MR) is 47.8 cm³/mol. The zero-order valence-corrected chi connectivity index (χ0v) is 7.51. The van der Waals surface area contributed by atoms with Crippen molar-refractivity contribution in [1.29, 1.82) is 0 Å². The Morgan fingerprint density at radius 3 is 3.17 bits per heavy atom. The van der Waals surface area contributed by atoms with Gasteiger partial charge in [-0.3, -0.25) is 0 Å². The van der Waals surface area contributed by atoms with Gasteiger partial charge in [-0.15, -0.1) is 11.6 Å². The molecule has 0 amide bonds. The van der Waals surface area contributed by atoms with Gasteiger partial charge < -0.3 is 10.1 Å². The highest BCUT2D eigenvalue weighted by atomic mass is 35.5. The minimum Gasteiger partial charge on any atom is -0.491 e. The Bertz CT molecular complexity index is 244. The van der Waals surface area contributed by atoms with Crippen molar-refractivity contribution >= 4 is 17.4 Å². The monoisotopic (exact) mass is 187 g/mol. The summed E-state index contributed by atoms with van der Waals surface area (Å²) in [6.45, 7) is 0.662. The molecule has 1 rings (SSSR count). The van der Waals surface area contributed by atoms with E-state index < -0.39 is 0 Å². The van der Waals surface area contributed by atoms with E-state index in [0.717, 1.165) is 0 Å². The lowest BCUT2D eigenvalue weighted by Gasteiger charge is -2.06. The van der Waals surface area contributed by atoms with Crippen molar-refractivity contribution in [3.8, 4) is 5.75 Å². The van der Waals surface area contributed by atoms with Crippen LogP contribution in [0, 0.1) is 0 Å². The fourth-order valence-electron chi connectivity index (χ4n) is 0.765. The summed E-state index contributed by atoms with van der Waals surface area (Å²) < 4.78 is 5.01. The standard InChI is InChI=1S/C7H10ClN3O/c1-12-6-4-9-5-11-7(6)10-3-2-8/h4-5H,2-3H2,1H3,(H,9,10,11). The van der Waals surface area contributed by atoms with Gasteiger partial charge in [-0.1, -0.05) is 0 Å². The Morgan fingerprint density at radius 2 is 2.50 bits per heavy atom. The van der Waals surface area contributed by atoms with Gasteiger partial charge in [0.1, 0.15) is 6.33 Å². The van der Waals surface area contributed by atoms with Crippen molar-refractivity contribution < 1.29 is 4.74 Å². The van der Waals surface area contributed by atoms with Crippen LogP contribution in [0.2, 0.25) is 0 Å². The predicted octanol–water partition coefficient (Wildman–Crippen LogP) is 1.14. The van der Waals surface area contributed by atoms with E-state index in [1.54, 1.807) is 13.3 Å². The average Bonchev–Trinajstić information content (AvgIpc) is 2.15. The van der Waals surface area contributed by atoms with Crippen molar-refractivity contribution in [3.05, 3.63) is 12.5 Å². The molecule has 0 atom stereocenters. The molecule has 0 aliphatic carbocycles. The van der Waals surface area contributed by atoms with Crippen LogP contribution >= 0.6 is 11.6 Å². The normalized spacial score (nSPS) is 9.50. The van der Waals surface area contributed by atoms with Crippen LogP contribution in [0.3, 0.4) is 0 Å². The quantitative estimate of drug-likeness (QED) is 0.719. The molecule has 0 aromatic carbocycles. The van der Waals surface area contributed by atoms with E-state index in [9.17, 15) is 0 Å². The summed E-state index contributed by atoms with van der Waals surface area (Å²) in [7, 11) is 1.57. The number of nitrogens with one attached hydrogen (secondary N) is 1. The number of methoxy groups -OCH3 is 1. The fraction of sp³-hybridized carbons (Fsp3) is 0.429. The number of hydrogen-bond donors (Lipinski definition) is 1. The van der Waals surface area contributed by atoms with Gasteiger partial charge >= 0.3 is 0 Å². The molecule has 0 aliphatic heterocycles. The molecule has 12 heavy (non-hydrogen) atoms. The second-order valence-corrected chi connectivity index (χ2v) is 2.43. The summed E-state index contributed by atoms with van der Waals surface area (Å²) in [5, 5.41) is 3.01. The minimum absolute atomic E-state index is 0.535. The van der Waals surface area contributed by atoms with Crippen LogP contribution in [0.4, 0.5) is 5.82 Å². The van der Waals surface area contributed by atoms with Crippen LogP contribution in [0.15, 0.2) is 12.5 Å².